The molecule has 0 atom stereocenters. The molecule has 3 heteroatoms. The average molecular weight is 169 g/mol. The first-order valence-corrected chi connectivity index (χ1v) is 4.67. The maximum Gasteiger partial charge on any atom is 0.0482 e. The van der Waals surface area contributed by atoms with Gasteiger partial charge in [-0.25, -0.2) is 0 Å². The van der Waals surface area contributed by atoms with Crippen molar-refractivity contribution in [2.45, 2.75) is 32.6 Å². The van der Waals surface area contributed by atoms with Crippen molar-refractivity contribution in [1.29, 1.82) is 0 Å². The van der Waals surface area contributed by atoms with Gasteiger partial charge in [0, 0.05) is 26.0 Å². The van der Waals surface area contributed by atoms with Crippen molar-refractivity contribution in [1.82, 2.24) is 15.6 Å². The van der Waals surface area contributed by atoms with E-state index in [9.17, 15) is 0 Å². The number of nitrogens with zero attached hydrogens (tertiary/aromatic N) is 2. The Morgan fingerprint density at radius 3 is 2.58 bits per heavy atom. The van der Waals surface area contributed by atoms with Crippen LogP contribution in [0.5, 0.6) is 0 Å². The van der Waals surface area contributed by atoms with Gasteiger partial charge in [-0.1, -0.05) is 19.8 Å². The van der Waals surface area contributed by atoms with Gasteiger partial charge in [-0.3, -0.25) is 10.0 Å². The molecular formula is C9H19N3. The highest BCUT2D eigenvalue weighted by Crippen LogP contribution is 2.14. The number of unbranched alkanes of at least 4 members (excludes halogenated alkanes) is 2. The molecule has 1 rings (SSSR count). The second kappa shape index (κ2) is 4.36. The zero-order valence-electron chi connectivity index (χ0n) is 8.30. The fraction of sp³-hybridized carbons (Fsp3) is 0.778. The van der Waals surface area contributed by atoms with Crippen LogP contribution in [0.1, 0.15) is 32.6 Å². The number of allylic oxidation sites excluding steroid dienone is 1. The quantitative estimate of drug-likeness (QED) is 0.646. The zero-order valence-corrected chi connectivity index (χ0v) is 8.30. The Morgan fingerprint density at radius 2 is 2.08 bits per heavy atom. The molecule has 0 bridgehead atoms. The van der Waals surface area contributed by atoms with Crippen molar-refractivity contribution in [2.75, 3.05) is 14.1 Å². The van der Waals surface area contributed by atoms with Crippen LogP contribution in [0.25, 0.3) is 0 Å². The molecule has 1 N–H and O–H groups in total. The largest absolute Gasteiger partial charge is 0.299 e. The fourth-order valence-electron chi connectivity index (χ4n) is 1.43. The lowest BCUT2D eigenvalue weighted by atomic mass is 10.2. The fourth-order valence-corrected chi connectivity index (χ4v) is 1.43. The summed E-state index contributed by atoms with van der Waals surface area (Å²) in [6.45, 7) is 2.23. The molecule has 0 amide bonds. The minimum atomic E-state index is 1.18. The molecule has 1 aliphatic heterocycles. The summed E-state index contributed by atoms with van der Waals surface area (Å²) < 4.78 is 0. The highest BCUT2D eigenvalue weighted by Gasteiger charge is 2.12. The number of nitrogens with one attached hydrogen (secondary N) is 1. The first-order chi connectivity index (χ1) is 5.74. The monoisotopic (exact) mass is 169 g/mol. The van der Waals surface area contributed by atoms with Gasteiger partial charge in [0.1, 0.15) is 0 Å². The Morgan fingerprint density at radius 1 is 1.33 bits per heavy atom. The molecule has 70 valence electrons. The minimum absolute atomic E-state index is 1.18. The number of hydrogen-bond acceptors (Lipinski definition) is 3. The zero-order chi connectivity index (χ0) is 8.97. The third-order valence-electron chi connectivity index (χ3n) is 2.12. The summed E-state index contributed by atoms with van der Waals surface area (Å²) in [6.07, 6.45) is 7.24. The summed E-state index contributed by atoms with van der Waals surface area (Å²) in [6, 6.07) is 0. The van der Waals surface area contributed by atoms with E-state index in [2.05, 4.69) is 30.7 Å². The lowest BCUT2D eigenvalue weighted by Crippen LogP contribution is -2.35. The van der Waals surface area contributed by atoms with E-state index < -0.39 is 0 Å². The van der Waals surface area contributed by atoms with Crippen molar-refractivity contribution in [3.63, 3.8) is 0 Å². The molecule has 0 fully saturated rings. The van der Waals surface area contributed by atoms with Crippen LogP contribution in [0.4, 0.5) is 0 Å². The van der Waals surface area contributed by atoms with E-state index in [1.54, 1.807) is 0 Å². The van der Waals surface area contributed by atoms with Gasteiger partial charge in [0.05, 0.1) is 0 Å². The molecular weight excluding hydrogens is 150 g/mol. The molecule has 0 aromatic heterocycles. The second-order valence-electron chi connectivity index (χ2n) is 3.35. The Balaban J connectivity index is 2.26. The topological polar surface area (TPSA) is 18.5 Å². The van der Waals surface area contributed by atoms with E-state index >= 15 is 0 Å². The molecule has 12 heavy (non-hydrogen) atoms. The summed E-state index contributed by atoms with van der Waals surface area (Å²) in [5.74, 6) is 0. The van der Waals surface area contributed by atoms with E-state index in [1.807, 2.05) is 12.1 Å². The Labute approximate surface area is 75.0 Å². The van der Waals surface area contributed by atoms with Gasteiger partial charge in [0.2, 0.25) is 0 Å². The number of hydrogen-bond donors (Lipinski definition) is 1. The molecule has 0 aromatic carbocycles. The summed E-state index contributed by atoms with van der Waals surface area (Å²) in [5.41, 5.74) is 4.55. The van der Waals surface area contributed by atoms with Gasteiger partial charge >= 0.3 is 0 Å². The summed E-state index contributed by atoms with van der Waals surface area (Å²) >= 11 is 0. The molecule has 0 radical (unpaired) electrons. The lowest BCUT2D eigenvalue weighted by Gasteiger charge is -2.17. The van der Waals surface area contributed by atoms with E-state index in [1.165, 1.54) is 31.4 Å². The van der Waals surface area contributed by atoms with Crippen molar-refractivity contribution in [2.24, 2.45) is 0 Å². The molecule has 0 saturated heterocycles. The van der Waals surface area contributed by atoms with Gasteiger partial charge in [0.25, 0.3) is 0 Å². The molecule has 0 aliphatic carbocycles. The normalized spacial score (nSPS) is 17.1. The van der Waals surface area contributed by atoms with Crippen LogP contribution < -0.4 is 5.53 Å². The summed E-state index contributed by atoms with van der Waals surface area (Å²) in [5, 5.41) is 4.07. The van der Waals surface area contributed by atoms with E-state index in [0.717, 1.165) is 0 Å². The first-order valence-electron chi connectivity index (χ1n) is 4.67. The van der Waals surface area contributed by atoms with E-state index in [-0.39, 0.29) is 0 Å². The van der Waals surface area contributed by atoms with Gasteiger partial charge in [-0.2, -0.15) is 0 Å². The Bertz CT molecular complexity index is 165. The van der Waals surface area contributed by atoms with Gasteiger partial charge in [-0.15, -0.1) is 5.53 Å². The molecule has 0 unspecified atom stereocenters. The number of rotatable bonds is 4. The predicted molar refractivity (Wildman–Crippen MR) is 50.9 cm³/mol. The first kappa shape index (κ1) is 9.39. The Hall–Kier alpha value is -0.700. The smallest absolute Gasteiger partial charge is 0.0482 e. The lowest BCUT2D eigenvalue weighted by molar-refractivity contribution is 0.179. The van der Waals surface area contributed by atoms with Gasteiger partial charge in [0.15, 0.2) is 0 Å². The van der Waals surface area contributed by atoms with Crippen molar-refractivity contribution in [3.05, 3.63) is 11.9 Å². The maximum atomic E-state index is 3.17. The van der Waals surface area contributed by atoms with Crippen LogP contribution in [0, 0.1) is 0 Å². The SMILES string of the molecule is CCCCCC1=CN(C)NN1C. The van der Waals surface area contributed by atoms with Gasteiger partial charge in [-0.05, 0) is 12.8 Å². The maximum absolute atomic E-state index is 3.17. The predicted octanol–water partition coefficient (Wildman–Crippen LogP) is 1.70. The van der Waals surface area contributed by atoms with Crippen LogP contribution >= 0.6 is 0 Å². The third-order valence-corrected chi connectivity index (χ3v) is 2.12. The Kier molecular flexibility index (Phi) is 3.41. The van der Waals surface area contributed by atoms with Crippen molar-refractivity contribution in [3.8, 4) is 0 Å². The highest BCUT2D eigenvalue weighted by atomic mass is 15.8. The second-order valence-corrected chi connectivity index (χ2v) is 3.35. The van der Waals surface area contributed by atoms with Crippen molar-refractivity contribution < 1.29 is 0 Å². The summed E-state index contributed by atoms with van der Waals surface area (Å²) in [7, 11) is 4.07. The molecule has 1 aliphatic rings. The van der Waals surface area contributed by atoms with Crippen molar-refractivity contribution >= 4 is 0 Å². The highest BCUT2D eigenvalue weighted by molar-refractivity contribution is 5.01. The molecule has 0 aromatic rings. The van der Waals surface area contributed by atoms with Crippen LogP contribution in [0.15, 0.2) is 11.9 Å². The van der Waals surface area contributed by atoms with Gasteiger partial charge < -0.3 is 0 Å². The molecule has 3 nitrogen and oxygen atoms in total. The standard InChI is InChI=1S/C9H19N3/c1-4-5-6-7-9-8-11(2)10-12(9)3/h8,10H,4-7H2,1-3H3. The average Bonchev–Trinajstić information content (AvgIpc) is 2.31. The van der Waals surface area contributed by atoms with Crippen LogP contribution in [-0.4, -0.2) is 24.1 Å². The number of hydrazine groups is 2. The van der Waals surface area contributed by atoms with E-state index in [4.69, 9.17) is 0 Å². The van der Waals surface area contributed by atoms with Crippen LogP contribution in [-0.2, 0) is 0 Å². The molecule has 0 spiro atoms. The summed E-state index contributed by atoms with van der Waals surface area (Å²) in [4.78, 5) is 0. The van der Waals surface area contributed by atoms with E-state index in [0.29, 0.717) is 0 Å². The van der Waals surface area contributed by atoms with Crippen LogP contribution in [0.2, 0.25) is 0 Å². The molecule has 1 heterocycles. The minimum Gasteiger partial charge on any atom is -0.299 e. The third kappa shape index (κ3) is 2.41. The molecule has 0 saturated carbocycles. The van der Waals surface area contributed by atoms with Crippen LogP contribution in [0.3, 0.4) is 0 Å².